The van der Waals surface area contributed by atoms with E-state index >= 15 is 0 Å². The smallest absolute Gasteiger partial charge is 0.416 e. The largest absolute Gasteiger partial charge is 0.491 e. The first-order valence-corrected chi connectivity index (χ1v) is 9.35. The van der Waals surface area contributed by atoms with Crippen molar-refractivity contribution in [2.24, 2.45) is 0 Å². The van der Waals surface area contributed by atoms with Crippen LogP contribution in [0.2, 0.25) is 0 Å². The second-order valence-electron chi connectivity index (χ2n) is 7.33. The molecular weight excluding hydrogens is 390 g/mol. The molecule has 2 aromatic rings. The number of β-amino-alcohol motifs (C(OH)–C–C–N with tert-alkyl or cyclic N) is 1. The van der Waals surface area contributed by atoms with Crippen LogP contribution in [0.5, 0.6) is 5.75 Å². The normalized spacial score (nSPS) is 18.4. The Morgan fingerprint density at radius 3 is 2.34 bits per heavy atom. The van der Waals surface area contributed by atoms with Crippen molar-refractivity contribution in [2.45, 2.75) is 30.7 Å². The average Bonchev–Trinajstić information content (AvgIpc) is 2.69. The van der Waals surface area contributed by atoms with Gasteiger partial charge in [-0.25, -0.2) is 4.39 Å². The monoisotopic (exact) mass is 413 g/mol. The number of hydrogen-bond donors (Lipinski definition) is 2. The van der Waals surface area contributed by atoms with E-state index in [9.17, 15) is 27.8 Å². The number of benzene rings is 2. The van der Waals surface area contributed by atoms with Gasteiger partial charge >= 0.3 is 6.18 Å². The number of halogens is 4. The first kappa shape index (κ1) is 21.5. The number of aliphatic hydroxyl groups is 2. The van der Waals surface area contributed by atoms with Crippen molar-refractivity contribution in [3.8, 4) is 5.75 Å². The van der Waals surface area contributed by atoms with Gasteiger partial charge in [0.1, 0.15) is 24.3 Å². The van der Waals surface area contributed by atoms with Crippen molar-refractivity contribution in [3.63, 3.8) is 0 Å². The Morgan fingerprint density at radius 2 is 1.72 bits per heavy atom. The summed E-state index contributed by atoms with van der Waals surface area (Å²) in [4.78, 5) is 1.93. The van der Waals surface area contributed by atoms with E-state index in [-0.39, 0.29) is 30.8 Å². The maximum Gasteiger partial charge on any atom is 0.416 e. The molecule has 1 fully saturated rings. The molecule has 8 heteroatoms. The highest BCUT2D eigenvalue weighted by atomic mass is 19.4. The number of rotatable bonds is 6. The van der Waals surface area contributed by atoms with Crippen LogP contribution in [0.1, 0.15) is 24.0 Å². The summed E-state index contributed by atoms with van der Waals surface area (Å²) >= 11 is 0. The van der Waals surface area contributed by atoms with Crippen molar-refractivity contribution in [3.05, 3.63) is 65.5 Å². The van der Waals surface area contributed by atoms with Gasteiger partial charge in [-0.2, -0.15) is 13.2 Å². The maximum atomic E-state index is 12.9. The van der Waals surface area contributed by atoms with E-state index in [1.165, 1.54) is 36.4 Å². The number of hydrogen-bond acceptors (Lipinski definition) is 4. The number of nitrogens with zero attached hydrogens (tertiary/aromatic N) is 1. The molecule has 158 valence electrons. The molecule has 1 aliphatic rings. The van der Waals surface area contributed by atoms with Crippen molar-refractivity contribution < 1.29 is 32.5 Å². The van der Waals surface area contributed by atoms with Gasteiger partial charge in [0.2, 0.25) is 0 Å². The summed E-state index contributed by atoms with van der Waals surface area (Å²) in [5.41, 5.74) is -1.85. The molecule has 1 saturated heterocycles. The standard InChI is InChI=1S/C21H23F4NO3/c22-17-4-6-19(7-5-17)29-14-18(27)13-26-10-8-20(28,9-11-26)15-2-1-3-16(12-15)21(23,24)25/h1-7,12,18,27-28H,8-11,13-14H2. The summed E-state index contributed by atoms with van der Waals surface area (Å²) in [6.07, 6.45) is -4.72. The fraction of sp³-hybridized carbons (Fsp3) is 0.429. The van der Waals surface area contributed by atoms with Crippen molar-refractivity contribution in [1.82, 2.24) is 4.90 Å². The van der Waals surface area contributed by atoms with Crippen LogP contribution in [0.3, 0.4) is 0 Å². The van der Waals surface area contributed by atoms with E-state index < -0.39 is 23.4 Å². The molecule has 0 aromatic heterocycles. The molecule has 29 heavy (non-hydrogen) atoms. The van der Waals surface area contributed by atoms with Crippen molar-refractivity contribution >= 4 is 0 Å². The summed E-state index contributed by atoms with van der Waals surface area (Å²) in [5.74, 6) is 0.0717. The molecule has 4 nitrogen and oxygen atoms in total. The number of piperidine rings is 1. The Balaban J connectivity index is 1.51. The van der Waals surface area contributed by atoms with E-state index in [4.69, 9.17) is 4.74 Å². The highest BCUT2D eigenvalue weighted by molar-refractivity contribution is 5.30. The lowest BCUT2D eigenvalue weighted by atomic mass is 9.83. The summed E-state index contributed by atoms with van der Waals surface area (Å²) < 4.78 is 57.1. The summed E-state index contributed by atoms with van der Waals surface area (Å²) in [6, 6.07) is 10.3. The topological polar surface area (TPSA) is 52.9 Å². The number of alkyl halides is 3. The molecule has 0 aliphatic carbocycles. The zero-order valence-corrected chi connectivity index (χ0v) is 15.7. The second-order valence-corrected chi connectivity index (χ2v) is 7.33. The molecule has 2 N–H and O–H groups in total. The lowest BCUT2D eigenvalue weighted by Crippen LogP contribution is -2.46. The predicted molar refractivity (Wildman–Crippen MR) is 98.9 cm³/mol. The van der Waals surface area contributed by atoms with Gasteiger partial charge in [-0.15, -0.1) is 0 Å². The molecule has 0 saturated carbocycles. The molecule has 0 amide bonds. The first-order chi connectivity index (χ1) is 13.7. The van der Waals surface area contributed by atoms with Crippen molar-refractivity contribution in [2.75, 3.05) is 26.2 Å². The van der Waals surface area contributed by atoms with Crippen LogP contribution in [-0.2, 0) is 11.8 Å². The molecule has 3 rings (SSSR count). The lowest BCUT2D eigenvalue weighted by molar-refractivity contribution is -0.137. The van der Waals surface area contributed by atoms with E-state index in [1.807, 2.05) is 4.90 Å². The minimum absolute atomic E-state index is 0.0278. The molecule has 1 unspecified atom stereocenters. The van der Waals surface area contributed by atoms with E-state index in [2.05, 4.69) is 0 Å². The molecule has 1 atom stereocenters. The summed E-state index contributed by atoms with van der Waals surface area (Å²) in [5, 5.41) is 21.0. The van der Waals surface area contributed by atoms with Gasteiger partial charge in [0.25, 0.3) is 0 Å². The van der Waals surface area contributed by atoms with Crippen molar-refractivity contribution in [1.29, 1.82) is 0 Å². The Labute approximate surface area is 166 Å². The predicted octanol–water partition coefficient (Wildman–Crippen LogP) is 3.57. The number of aliphatic hydroxyl groups excluding tert-OH is 1. The van der Waals surface area contributed by atoms with Crippen LogP contribution in [0, 0.1) is 5.82 Å². The minimum atomic E-state index is -4.46. The third kappa shape index (κ3) is 5.68. The Kier molecular flexibility index (Phi) is 6.45. The van der Waals surface area contributed by atoms with Gasteiger partial charge in [-0.3, -0.25) is 0 Å². The van der Waals surface area contributed by atoms with Crippen LogP contribution in [0.25, 0.3) is 0 Å². The van der Waals surface area contributed by atoms with Crippen LogP contribution in [0.4, 0.5) is 17.6 Å². The van der Waals surface area contributed by atoms with Crippen LogP contribution < -0.4 is 4.74 Å². The molecule has 2 aromatic carbocycles. The zero-order valence-electron chi connectivity index (χ0n) is 15.7. The Hall–Kier alpha value is -2.16. The molecule has 1 aliphatic heterocycles. The molecule has 1 heterocycles. The SMILES string of the molecule is OC(COc1ccc(F)cc1)CN1CCC(O)(c2cccc(C(F)(F)F)c2)CC1. The van der Waals surface area contributed by atoms with Crippen LogP contribution >= 0.6 is 0 Å². The summed E-state index contributed by atoms with van der Waals surface area (Å²) in [7, 11) is 0. The van der Waals surface area contributed by atoms with Gasteiger partial charge in [0, 0.05) is 19.6 Å². The minimum Gasteiger partial charge on any atom is -0.491 e. The first-order valence-electron chi connectivity index (χ1n) is 9.35. The highest BCUT2D eigenvalue weighted by Gasteiger charge is 2.37. The zero-order chi connectivity index (χ0) is 21.1. The maximum absolute atomic E-state index is 12.9. The van der Waals surface area contributed by atoms with Gasteiger partial charge in [0.15, 0.2) is 0 Å². The fourth-order valence-electron chi connectivity index (χ4n) is 3.45. The van der Waals surface area contributed by atoms with E-state index in [1.54, 1.807) is 0 Å². The Bertz CT molecular complexity index is 802. The van der Waals surface area contributed by atoms with E-state index in [0.717, 1.165) is 12.1 Å². The van der Waals surface area contributed by atoms with Gasteiger partial charge in [-0.1, -0.05) is 12.1 Å². The van der Waals surface area contributed by atoms with Crippen LogP contribution in [0.15, 0.2) is 48.5 Å². The highest BCUT2D eigenvalue weighted by Crippen LogP contribution is 2.36. The number of likely N-dealkylation sites (tertiary alicyclic amines) is 1. The van der Waals surface area contributed by atoms with Crippen LogP contribution in [-0.4, -0.2) is 47.5 Å². The molecule has 0 spiro atoms. The quantitative estimate of drug-likeness (QED) is 0.711. The van der Waals surface area contributed by atoms with E-state index in [0.29, 0.717) is 25.4 Å². The molecular formula is C21H23F4NO3. The average molecular weight is 413 g/mol. The van der Waals surface area contributed by atoms with Gasteiger partial charge in [-0.05, 0) is 54.8 Å². The third-order valence-electron chi connectivity index (χ3n) is 5.14. The summed E-state index contributed by atoms with van der Waals surface area (Å²) in [6.45, 7) is 1.20. The molecule has 0 bridgehead atoms. The Morgan fingerprint density at radius 1 is 1.07 bits per heavy atom. The molecule has 0 radical (unpaired) electrons. The second kappa shape index (κ2) is 8.69. The van der Waals surface area contributed by atoms with Gasteiger partial charge < -0.3 is 19.8 Å². The number of ether oxygens (including phenoxy) is 1. The third-order valence-corrected chi connectivity index (χ3v) is 5.14. The lowest BCUT2D eigenvalue weighted by Gasteiger charge is -2.39. The van der Waals surface area contributed by atoms with Gasteiger partial charge in [0.05, 0.1) is 11.2 Å². The fourth-order valence-corrected chi connectivity index (χ4v) is 3.45.